The van der Waals surface area contributed by atoms with Crippen LogP contribution in [-0.2, 0) is 9.53 Å². The molecular formula is C14H28N2O2. The van der Waals surface area contributed by atoms with Gasteiger partial charge in [-0.15, -0.1) is 0 Å². The molecule has 1 N–H and O–H groups in total. The van der Waals surface area contributed by atoms with Crippen LogP contribution in [-0.4, -0.2) is 48.7 Å². The van der Waals surface area contributed by atoms with Gasteiger partial charge in [0, 0.05) is 25.7 Å². The van der Waals surface area contributed by atoms with Crippen LogP contribution >= 0.6 is 0 Å². The summed E-state index contributed by atoms with van der Waals surface area (Å²) in [6.45, 7) is 11.8. The molecule has 0 unspecified atom stereocenters. The molecule has 0 aliphatic heterocycles. The number of rotatable bonds is 8. The van der Waals surface area contributed by atoms with Crippen LogP contribution in [0.15, 0.2) is 0 Å². The summed E-state index contributed by atoms with van der Waals surface area (Å²) in [5.74, 6) is -0.121. The van der Waals surface area contributed by atoms with Crippen molar-refractivity contribution in [2.45, 2.75) is 58.6 Å². The highest BCUT2D eigenvalue weighted by Gasteiger charge is 2.26. The van der Waals surface area contributed by atoms with E-state index in [-0.39, 0.29) is 11.6 Å². The van der Waals surface area contributed by atoms with Crippen molar-refractivity contribution in [2.75, 3.05) is 26.2 Å². The van der Waals surface area contributed by atoms with Gasteiger partial charge >= 0.3 is 5.97 Å². The van der Waals surface area contributed by atoms with Crippen molar-refractivity contribution < 1.29 is 9.53 Å². The molecule has 1 rings (SSSR count). The van der Waals surface area contributed by atoms with E-state index in [0.29, 0.717) is 13.0 Å². The maximum Gasteiger partial charge on any atom is 0.307 e. The van der Waals surface area contributed by atoms with Crippen LogP contribution in [0.4, 0.5) is 0 Å². The summed E-state index contributed by atoms with van der Waals surface area (Å²) >= 11 is 0. The van der Waals surface area contributed by atoms with Crippen molar-refractivity contribution >= 4 is 5.97 Å². The van der Waals surface area contributed by atoms with E-state index in [1.54, 1.807) is 0 Å². The van der Waals surface area contributed by atoms with Gasteiger partial charge in [-0.2, -0.15) is 0 Å². The predicted molar refractivity (Wildman–Crippen MR) is 73.6 cm³/mol. The number of likely N-dealkylation sites (N-methyl/N-ethyl adjacent to an activating group) is 1. The first-order chi connectivity index (χ1) is 8.42. The first kappa shape index (κ1) is 15.4. The number of nitrogens with zero attached hydrogens (tertiary/aromatic N) is 1. The minimum atomic E-state index is -0.373. The standard InChI is InChI=1S/C14H28N2O2/c1-5-16(12-6-7-12)11-10-15-9-8-13(17)18-14(2,3)4/h12,15H,5-11H2,1-4H3. The Hall–Kier alpha value is -0.610. The number of esters is 1. The molecule has 18 heavy (non-hydrogen) atoms. The zero-order valence-electron chi connectivity index (χ0n) is 12.3. The van der Waals surface area contributed by atoms with Crippen molar-refractivity contribution in [3.05, 3.63) is 0 Å². The second kappa shape index (κ2) is 7.10. The maximum absolute atomic E-state index is 11.5. The molecule has 1 saturated carbocycles. The Kier molecular flexibility index (Phi) is 6.09. The summed E-state index contributed by atoms with van der Waals surface area (Å²) in [6, 6.07) is 0.822. The lowest BCUT2D eigenvalue weighted by molar-refractivity contribution is -0.154. The SMILES string of the molecule is CCN(CCNCCC(=O)OC(C)(C)C)C1CC1. The molecule has 106 valence electrons. The first-order valence-electron chi connectivity index (χ1n) is 7.09. The van der Waals surface area contributed by atoms with Gasteiger partial charge in [-0.1, -0.05) is 6.92 Å². The fraction of sp³-hybridized carbons (Fsp3) is 0.929. The van der Waals surface area contributed by atoms with Gasteiger partial charge in [0.15, 0.2) is 0 Å². The van der Waals surface area contributed by atoms with Gasteiger partial charge in [0.05, 0.1) is 6.42 Å². The van der Waals surface area contributed by atoms with E-state index >= 15 is 0 Å². The molecule has 1 fully saturated rings. The molecule has 0 radical (unpaired) electrons. The van der Waals surface area contributed by atoms with Gasteiger partial charge in [-0.3, -0.25) is 9.69 Å². The lowest BCUT2D eigenvalue weighted by Crippen LogP contribution is -2.34. The second-order valence-corrected chi connectivity index (χ2v) is 5.95. The highest BCUT2D eigenvalue weighted by molar-refractivity contribution is 5.70. The zero-order chi connectivity index (χ0) is 13.6. The molecule has 0 aromatic carbocycles. The smallest absolute Gasteiger partial charge is 0.307 e. The molecule has 4 heteroatoms. The molecule has 0 bridgehead atoms. The monoisotopic (exact) mass is 256 g/mol. The maximum atomic E-state index is 11.5. The Morgan fingerprint density at radius 2 is 2.00 bits per heavy atom. The van der Waals surface area contributed by atoms with Gasteiger partial charge in [0.1, 0.15) is 5.60 Å². The molecule has 0 aromatic heterocycles. The van der Waals surface area contributed by atoms with Crippen molar-refractivity contribution in [3.8, 4) is 0 Å². The van der Waals surface area contributed by atoms with Crippen LogP contribution in [0, 0.1) is 0 Å². The third-order valence-electron chi connectivity index (χ3n) is 2.97. The number of ether oxygens (including phenoxy) is 1. The van der Waals surface area contributed by atoms with Crippen molar-refractivity contribution in [2.24, 2.45) is 0 Å². The van der Waals surface area contributed by atoms with E-state index in [9.17, 15) is 4.79 Å². The van der Waals surface area contributed by atoms with Crippen LogP contribution in [0.5, 0.6) is 0 Å². The molecule has 0 atom stereocenters. The Morgan fingerprint density at radius 1 is 1.33 bits per heavy atom. The molecule has 0 amide bonds. The summed E-state index contributed by atoms with van der Waals surface area (Å²) in [4.78, 5) is 14.0. The molecule has 0 spiro atoms. The third-order valence-corrected chi connectivity index (χ3v) is 2.97. The average molecular weight is 256 g/mol. The molecule has 0 heterocycles. The Labute approximate surface area is 111 Å². The van der Waals surface area contributed by atoms with Gasteiger partial charge in [-0.05, 0) is 40.2 Å². The van der Waals surface area contributed by atoms with E-state index in [2.05, 4.69) is 17.1 Å². The average Bonchev–Trinajstić information content (AvgIpc) is 3.04. The van der Waals surface area contributed by atoms with Crippen molar-refractivity contribution in [1.82, 2.24) is 10.2 Å². The molecule has 0 aromatic rings. The predicted octanol–water partition coefficient (Wildman–Crippen LogP) is 1.79. The lowest BCUT2D eigenvalue weighted by atomic mass is 10.2. The first-order valence-corrected chi connectivity index (χ1v) is 7.09. The normalized spacial score (nSPS) is 16.1. The number of carbonyl (C=O) groups excluding carboxylic acids is 1. The van der Waals surface area contributed by atoms with E-state index in [0.717, 1.165) is 25.7 Å². The van der Waals surface area contributed by atoms with Crippen LogP contribution < -0.4 is 5.32 Å². The molecule has 1 aliphatic carbocycles. The Morgan fingerprint density at radius 3 is 2.50 bits per heavy atom. The topological polar surface area (TPSA) is 41.6 Å². The fourth-order valence-corrected chi connectivity index (χ4v) is 1.97. The van der Waals surface area contributed by atoms with Crippen LogP contribution in [0.1, 0.15) is 47.0 Å². The lowest BCUT2D eigenvalue weighted by Gasteiger charge is -2.21. The molecule has 1 aliphatic rings. The molecule has 4 nitrogen and oxygen atoms in total. The molecule has 0 saturated heterocycles. The van der Waals surface area contributed by atoms with Crippen molar-refractivity contribution in [3.63, 3.8) is 0 Å². The van der Waals surface area contributed by atoms with Crippen LogP contribution in [0.3, 0.4) is 0 Å². The summed E-state index contributed by atoms with van der Waals surface area (Å²) in [5.41, 5.74) is -0.373. The highest BCUT2D eigenvalue weighted by atomic mass is 16.6. The number of carbonyl (C=O) groups is 1. The summed E-state index contributed by atoms with van der Waals surface area (Å²) in [6.07, 6.45) is 3.16. The fourth-order valence-electron chi connectivity index (χ4n) is 1.97. The summed E-state index contributed by atoms with van der Waals surface area (Å²) < 4.78 is 5.25. The second-order valence-electron chi connectivity index (χ2n) is 5.95. The number of hydrogen-bond acceptors (Lipinski definition) is 4. The number of hydrogen-bond donors (Lipinski definition) is 1. The zero-order valence-corrected chi connectivity index (χ0v) is 12.3. The van der Waals surface area contributed by atoms with E-state index in [1.165, 1.54) is 12.8 Å². The minimum Gasteiger partial charge on any atom is -0.460 e. The quantitative estimate of drug-likeness (QED) is 0.531. The largest absolute Gasteiger partial charge is 0.460 e. The highest BCUT2D eigenvalue weighted by Crippen LogP contribution is 2.25. The van der Waals surface area contributed by atoms with E-state index < -0.39 is 0 Å². The van der Waals surface area contributed by atoms with Crippen molar-refractivity contribution in [1.29, 1.82) is 0 Å². The van der Waals surface area contributed by atoms with E-state index in [1.807, 2.05) is 20.8 Å². The van der Waals surface area contributed by atoms with Crippen LogP contribution in [0.25, 0.3) is 0 Å². The third kappa shape index (κ3) is 6.97. The van der Waals surface area contributed by atoms with Gasteiger partial charge in [0.2, 0.25) is 0 Å². The van der Waals surface area contributed by atoms with Gasteiger partial charge in [-0.25, -0.2) is 0 Å². The summed E-state index contributed by atoms with van der Waals surface area (Å²) in [5, 5.41) is 3.31. The molecular weight excluding hydrogens is 228 g/mol. The van der Waals surface area contributed by atoms with Gasteiger partial charge < -0.3 is 10.1 Å². The van der Waals surface area contributed by atoms with Crippen LogP contribution in [0.2, 0.25) is 0 Å². The summed E-state index contributed by atoms with van der Waals surface area (Å²) in [7, 11) is 0. The number of nitrogens with one attached hydrogen (secondary N) is 1. The van der Waals surface area contributed by atoms with E-state index in [4.69, 9.17) is 4.74 Å². The Bertz CT molecular complexity index is 257. The minimum absolute atomic E-state index is 0.121. The Balaban J connectivity index is 1.99. The van der Waals surface area contributed by atoms with Gasteiger partial charge in [0.25, 0.3) is 0 Å².